The zero-order valence-corrected chi connectivity index (χ0v) is 15.6. The van der Waals surface area contributed by atoms with E-state index in [4.69, 9.17) is 11.6 Å². The number of fused-ring (bicyclic) bond motifs is 5. The van der Waals surface area contributed by atoms with Gasteiger partial charge in [-0.25, -0.2) is 0 Å². The van der Waals surface area contributed by atoms with Crippen LogP contribution in [0, 0.1) is 5.92 Å². The van der Waals surface area contributed by atoms with Gasteiger partial charge in [-0.15, -0.1) is 0 Å². The molecular formula is C21H20ClN3O2. The molecule has 2 aromatic heterocycles. The fourth-order valence-corrected chi connectivity index (χ4v) is 4.90. The van der Waals surface area contributed by atoms with Gasteiger partial charge in [0, 0.05) is 59.4 Å². The Kier molecular flexibility index (Phi) is 3.86. The Morgan fingerprint density at radius 3 is 2.81 bits per heavy atom. The monoisotopic (exact) mass is 381 g/mol. The Morgan fingerprint density at radius 2 is 1.93 bits per heavy atom. The molecule has 6 heteroatoms. The van der Waals surface area contributed by atoms with Crippen molar-refractivity contribution >= 4 is 28.4 Å². The molecule has 138 valence electrons. The van der Waals surface area contributed by atoms with Crippen LogP contribution in [0.25, 0.3) is 10.9 Å². The van der Waals surface area contributed by atoms with E-state index < -0.39 is 0 Å². The summed E-state index contributed by atoms with van der Waals surface area (Å²) in [6.45, 7) is 2.41. The predicted octanol–water partition coefficient (Wildman–Crippen LogP) is 3.10. The highest BCUT2D eigenvalue weighted by atomic mass is 35.5. The molecule has 5 rings (SSSR count). The topological polar surface area (TPSA) is 47.2 Å². The van der Waals surface area contributed by atoms with E-state index in [0.717, 1.165) is 29.6 Å². The number of halogens is 1. The van der Waals surface area contributed by atoms with Crippen LogP contribution >= 0.6 is 11.6 Å². The van der Waals surface area contributed by atoms with Crippen LogP contribution in [-0.4, -0.2) is 33.0 Å². The third kappa shape index (κ3) is 2.77. The minimum Gasteiger partial charge on any atom is -0.340 e. The average Bonchev–Trinajstić information content (AvgIpc) is 3.07. The summed E-state index contributed by atoms with van der Waals surface area (Å²) in [4.78, 5) is 27.1. The highest BCUT2D eigenvalue weighted by Gasteiger charge is 2.36. The summed E-state index contributed by atoms with van der Waals surface area (Å²) >= 11 is 6.24. The second-order valence-corrected chi connectivity index (χ2v) is 8.02. The number of carbonyl (C=O) groups excluding carboxylic acids is 1. The predicted molar refractivity (Wildman–Crippen MR) is 105 cm³/mol. The molecule has 3 aromatic rings. The van der Waals surface area contributed by atoms with Crippen molar-refractivity contribution in [1.82, 2.24) is 14.0 Å². The first-order chi connectivity index (χ1) is 13.1. The van der Waals surface area contributed by atoms with Crippen molar-refractivity contribution in [1.29, 1.82) is 0 Å². The summed E-state index contributed by atoms with van der Waals surface area (Å²) in [7, 11) is 0. The summed E-state index contributed by atoms with van der Waals surface area (Å²) < 4.78 is 3.86. The fourth-order valence-electron chi connectivity index (χ4n) is 4.67. The highest BCUT2D eigenvalue weighted by molar-refractivity contribution is 6.35. The standard InChI is InChI=1S/C21H20ClN3O2/c22-17-3-1-5-19-16(17)7-8-23(19)13-21(27)24-10-14-9-15(12-24)18-4-2-6-20(26)25(18)11-14/h1-8,14-15H,9-13H2. The van der Waals surface area contributed by atoms with Gasteiger partial charge in [-0.05, 0) is 36.6 Å². The Labute approximate surface area is 161 Å². The van der Waals surface area contributed by atoms with Gasteiger partial charge in [-0.3, -0.25) is 9.59 Å². The zero-order chi connectivity index (χ0) is 18.5. The van der Waals surface area contributed by atoms with Crippen LogP contribution in [0.15, 0.2) is 53.5 Å². The zero-order valence-electron chi connectivity index (χ0n) is 14.8. The van der Waals surface area contributed by atoms with Crippen LogP contribution in [0.1, 0.15) is 18.0 Å². The normalized spacial score (nSPS) is 21.3. The number of rotatable bonds is 2. The number of nitrogens with zero attached hydrogens (tertiary/aromatic N) is 3. The van der Waals surface area contributed by atoms with Gasteiger partial charge in [-0.1, -0.05) is 23.7 Å². The molecule has 0 N–H and O–H groups in total. The number of hydrogen-bond donors (Lipinski definition) is 0. The van der Waals surface area contributed by atoms with Gasteiger partial charge in [0.15, 0.2) is 0 Å². The van der Waals surface area contributed by atoms with Crippen molar-refractivity contribution < 1.29 is 4.79 Å². The number of likely N-dealkylation sites (tertiary alicyclic amines) is 1. The summed E-state index contributed by atoms with van der Waals surface area (Å²) in [5.41, 5.74) is 2.11. The molecule has 2 atom stereocenters. The third-order valence-electron chi connectivity index (χ3n) is 5.90. The van der Waals surface area contributed by atoms with Gasteiger partial charge in [0.2, 0.25) is 5.91 Å². The molecule has 0 aliphatic carbocycles. The molecule has 2 aliphatic heterocycles. The molecule has 2 unspecified atom stereocenters. The van der Waals surface area contributed by atoms with Gasteiger partial charge < -0.3 is 14.0 Å². The number of pyridine rings is 1. The molecule has 1 amide bonds. The molecule has 1 aromatic carbocycles. The second kappa shape index (κ2) is 6.27. The van der Waals surface area contributed by atoms with Gasteiger partial charge in [0.05, 0.1) is 0 Å². The summed E-state index contributed by atoms with van der Waals surface area (Å²) in [5.74, 6) is 0.705. The molecule has 0 spiro atoms. The first-order valence-electron chi connectivity index (χ1n) is 9.31. The first-order valence-corrected chi connectivity index (χ1v) is 9.69. The van der Waals surface area contributed by atoms with Crippen molar-refractivity contribution in [2.24, 2.45) is 5.92 Å². The maximum absolute atomic E-state index is 13.0. The number of amides is 1. The van der Waals surface area contributed by atoms with E-state index in [1.54, 1.807) is 6.07 Å². The van der Waals surface area contributed by atoms with Crippen LogP contribution in [0.5, 0.6) is 0 Å². The van der Waals surface area contributed by atoms with Gasteiger partial charge in [0.1, 0.15) is 6.54 Å². The van der Waals surface area contributed by atoms with Gasteiger partial charge in [-0.2, -0.15) is 0 Å². The van der Waals surface area contributed by atoms with Crippen molar-refractivity contribution in [2.45, 2.75) is 25.4 Å². The van der Waals surface area contributed by atoms with E-state index in [1.165, 1.54) is 0 Å². The molecule has 2 bridgehead atoms. The maximum Gasteiger partial charge on any atom is 0.250 e. The fraction of sp³-hybridized carbons (Fsp3) is 0.333. The number of benzene rings is 1. The lowest BCUT2D eigenvalue weighted by Crippen LogP contribution is -2.49. The summed E-state index contributed by atoms with van der Waals surface area (Å²) in [6, 6.07) is 13.2. The average molecular weight is 382 g/mol. The lowest BCUT2D eigenvalue weighted by Gasteiger charge is -2.42. The lowest BCUT2D eigenvalue weighted by atomic mass is 9.83. The van der Waals surface area contributed by atoms with E-state index in [1.807, 2.05) is 56.6 Å². The number of aromatic nitrogens is 2. The quantitative estimate of drug-likeness (QED) is 0.684. The lowest BCUT2D eigenvalue weighted by molar-refractivity contribution is -0.134. The van der Waals surface area contributed by atoms with Crippen LogP contribution in [0.2, 0.25) is 5.02 Å². The first kappa shape index (κ1) is 16.6. The Balaban J connectivity index is 1.39. The largest absolute Gasteiger partial charge is 0.340 e. The van der Waals surface area contributed by atoms with Crippen molar-refractivity contribution in [2.75, 3.05) is 13.1 Å². The molecular weight excluding hydrogens is 362 g/mol. The van der Waals surface area contributed by atoms with E-state index in [2.05, 4.69) is 0 Å². The van der Waals surface area contributed by atoms with Crippen LogP contribution in [-0.2, 0) is 17.9 Å². The molecule has 0 radical (unpaired) electrons. The minimum atomic E-state index is 0.0673. The molecule has 4 heterocycles. The second-order valence-electron chi connectivity index (χ2n) is 7.61. The molecule has 27 heavy (non-hydrogen) atoms. The Hall–Kier alpha value is -2.53. The molecule has 5 nitrogen and oxygen atoms in total. The van der Waals surface area contributed by atoms with Crippen LogP contribution in [0.3, 0.4) is 0 Å². The minimum absolute atomic E-state index is 0.0673. The molecule has 2 aliphatic rings. The van der Waals surface area contributed by atoms with Crippen LogP contribution < -0.4 is 5.56 Å². The number of piperidine rings is 1. The van der Waals surface area contributed by atoms with E-state index in [-0.39, 0.29) is 17.4 Å². The van der Waals surface area contributed by atoms with Crippen molar-refractivity contribution in [3.8, 4) is 0 Å². The van der Waals surface area contributed by atoms with E-state index in [9.17, 15) is 9.59 Å². The van der Waals surface area contributed by atoms with E-state index >= 15 is 0 Å². The van der Waals surface area contributed by atoms with Crippen molar-refractivity contribution in [3.63, 3.8) is 0 Å². The molecule has 0 saturated carbocycles. The number of carbonyl (C=O) groups is 1. The van der Waals surface area contributed by atoms with Crippen molar-refractivity contribution in [3.05, 3.63) is 69.7 Å². The summed E-state index contributed by atoms with van der Waals surface area (Å²) in [5, 5.41) is 1.67. The smallest absolute Gasteiger partial charge is 0.250 e. The summed E-state index contributed by atoms with van der Waals surface area (Å²) in [6.07, 6.45) is 2.98. The molecule has 1 saturated heterocycles. The molecule has 1 fully saturated rings. The van der Waals surface area contributed by atoms with Gasteiger partial charge >= 0.3 is 0 Å². The highest BCUT2D eigenvalue weighted by Crippen LogP contribution is 2.35. The number of hydrogen-bond acceptors (Lipinski definition) is 2. The van der Waals surface area contributed by atoms with Crippen LogP contribution in [0.4, 0.5) is 0 Å². The third-order valence-corrected chi connectivity index (χ3v) is 6.23. The van der Waals surface area contributed by atoms with E-state index in [0.29, 0.717) is 30.6 Å². The van der Waals surface area contributed by atoms with Gasteiger partial charge in [0.25, 0.3) is 5.56 Å². The SMILES string of the molecule is O=C(Cn1ccc2c(Cl)cccc21)N1CC2CC(C1)c1cccc(=O)n1C2. The maximum atomic E-state index is 13.0. The Morgan fingerprint density at radius 1 is 1.07 bits per heavy atom. The Bertz CT molecular complexity index is 1100.